The second kappa shape index (κ2) is 25.0. The van der Waals surface area contributed by atoms with E-state index in [0.29, 0.717) is 63.7 Å². The lowest BCUT2D eigenvalue weighted by Crippen LogP contribution is -2.41. The van der Waals surface area contributed by atoms with Crippen LogP contribution in [-0.2, 0) is 35.0 Å². The lowest BCUT2D eigenvalue weighted by atomic mass is 10.1. The normalized spacial score (nSPS) is 13.0. The first kappa shape index (κ1) is 51.9. The molecule has 4 aromatic rings. The van der Waals surface area contributed by atoms with Gasteiger partial charge in [0.05, 0.1) is 56.4 Å². The molecule has 0 radical (unpaired) electrons. The first-order valence-electron chi connectivity index (χ1n) is 19.7. The van der Waals surface area contributed by atoms with Crippen LogP contribution in [0.1, 0.15) is 80.6 Å². The first-order chi connectivity index (χ1) is 29.9. The summed E-state index contributed by atoms with van der Waals surface area (Å²) in [6.07, 6.45) is -0.334. The molecule has 0 bridgehead atoms. The highest BCUT2D eigenvalue weighted by molar-refractivity contribution is 7.92. The zero-order chi connectivity index (χ0) is 46.9. The lowest BCUT2D eigenvalue weighted by Gasteiger charge is -2.27. The van der Waals surface area contributed by atoms with Crippen molar-refractivity contribution in [2.24, 2.45) is 0 Å². The molecule has 0 spiro atoms. The molecule has 0 aromatic heterocycles. The Morgan fingerprint density at radius 2 is 1.43 bits per heavy atom. The number of morpholine rings is 1. The average Bonchev–Trinajstić information content (AvgIpc) is 3.26. The highest BCUT2D eigenvalue weighted by Crippen LogP contribution is 2.27. The van der Waals surface area contributed by atoms with Crippen LogP contribution >= 0.6 is 23.2 Å². The quantitative estimate of drug-likeness (QED) is 0.131. The zero-order valence-electron chi connectivity index (χ0n) is 35.5. The van der Waals surface area contributed by atoms with Gasteiger partial charge in [0.15, 0.2) is 22.5 Å². The van der Waals surface area contributed by atoms with E-state index in [-0.39, 0.29) is 33.4 Å². The van der Waals surface area contributed by atoms with E-state index in [1.807, 2.05) is 20.8 Å². The molecule has 1 aliphatic heterocycles. The van der Waals surface area contributed by atoms with Gasteiger partial charge in [-0.2, -0.15) is 0 Å². The van der Waals surface area contributed by atoms with Crippen LogP contribution in [0.3, 0.4) is 0 Å². The van der Waals surface area contributed by atoms with Gasteiger partial charge in [-0.3, -0.25) is 9.00 Å². The number of carboxylic acids is 2. The molecule has 1 fully saturated rings. The molecule has 0 aliphatic carbocycles. The monoisotopic (exact) mass is 943 g/mol. The number of nitrogens with zero attached hydrogens (tertiary/aromatic N) is 1. The molecule has 1 amide bonds. The maximum absolute atomic E-state index is 14.1. The largest absolute Gasteiger partial charge is 0.481 e. The lowest BCUT2D eigenvalue weighted by molar-refractivity contribution is -0.144. The number of carbonyl (C=O) groups excluding carboxylic acids is 1. The molecule has 17 heteroatoms. The predicted octanol–water partition coefficient (Wildman–Crippen LogP) is 8.13. The summed E-state index contributed by atoms with van der Waals surface area (Å²) in [5.41, 5.74) is 1.22. The topological polar surface area (TPSA) is 174 Å². The number of carbonyl (C=O) groups is 3. The molecule has 12 nitrogen and oxygen atoms in total. The van der Waals surface area contributed by atoms with Crippen LogP contribution in [0.2, 0.25) is 10.0 Å². The number of ether oxygens (including phenoxy) is 3. The van der Waals surface area contributed by atoms with E-state index in [1.165, 1.54) is 61.5 Å². The summed E-state index contributed by atoms with van der Waals surface area (Å²) >= 11 is 12.0. The Morgan fingerprint density at radius 3 is 2.02 bits per heavy atom. The highest BCUT2D eigenvalue weighted by Gasteiger charge is 2.29. The maximum Gasteiger partial charge on any atom is 0.344 e. The fourth-order valence-electron chi connectivity index (χ4n) is 5.33. The number of aliphatic carboxylic acids is 2. The third-order valence-corrected chi connectivity index (χ3v) is 12.8. The van der Waals surface area contributed by atoms with E-state index in [4.69, 9.17) is 47.6 Å². The first-order valence-corrected chi connectivity index (χ1v) is 23.3. The minimum Gasteiger partial charge on any atom is -0.481 e. The van der Waals surface area contributed by atoms with E-state index in [2.05, 4.69) is 23.7 Å². The van der Waals surface area contributed by atoms with Crippen LogP contribution in [0.15, 0.2) is 82.6 Å². The number of hydrogen-bond donors (Lipinski definition) is 2. The number of rotatable bonds is 12. The maximum atomic E-state index is 14.1. The Hall–Kier alpha value is -5.42. The van der Waals surface area contributed by atoms with Gasteiger partial charge >= 0.3 is 11.9 Å². The van der Waals surface area contributed by atoms with Crippen molar-refractivity contribution in [1.82, 2.24) is 4.90 Å². The summed E-state index contributed by atoms with van der Waals surface area (Å²) in [7, 11) is -5.00. The average molecular weight is 945 g/mol. The molecule has 5 rings (SSSR count). The summed E-state index contributed by atoms with van der Waals surface area (Å²) in [6.45, 7) is 11.4. The molecular formula is C46H48Cl2FNO11S2. The van der Waals surface area contributed by atoms with Gasteiger partial charge in [0.1, 0.15) is 17.3 Å². The van der Waals surface area contributed by atoms with Crippen molar-refractivity contribution in [3.63, 3.8) is 0 Å². The van der Waals surface area contributed by atoms with Crippen molar-refractivity contribution in [3.8, 4) is 35.2 Å². The Morgan fingerprint density at radius 1 is 0.841 bits per heavy atom. The van der Waals surface area contributed by atoms with Gasteiger partial charge in [0, 0.05) is 39.3 Å². The summed E-state index contributed by atoms with van der Waals surface area (Å²) < 4.78 is 68.3. The van der Waals surface area contributed by atoms with Crippen molar-refractivity contribution in [2.45, 2.75) is 69.1 Å². The fraction of sp³-hybridized carbons (Fsp3) is 0.326. The van der Waals surface area contributed by atoms with E-state index in [0.717, 1.165) is 6.42 Å². The standard InChI is InChI=1S/C24H24ClNO7S.C20H18ClFO4S.C2H6/c1-16(2)34(30,31)22-13-17(4-7-20(22)24(29)26-9-11-32-12-10-26)3-5-18-14-19(25)6-8-21(18)33-15-23(27)28;1-3-10-27(25)17-7-8-18(22)14(12-17)4-5-15-11-16(21)6-9-19(15)26-13(2)20(23)24;1-2/h4,6-8,13-14,16H,9-12,15H2,1-2H3,(H,27,28);6-9,11-13H,3,10H2,1-2H3,(H,23,24);1-2H3. The minimum atomic E-state index is -3.79. The third-order valence-electron chi connectivity index (χ3n) is 8.59. The molecule has 1 saturated heterocycles. The molecule has 2 atom stereocenters. The van der Waals surface area contributed by atoms with Crippen molar-refractivity contribution >= 4 is 61.7 Å². The van der Waals surface area contributed by atoms with E-state index in [9.17, 15) is 31.4 Å². The second-order valence-corrected chi connectivity index (χ2v) is 18.4. The van der Waals surface area contributed by atoms with Gasteiger partial charge < -0.3 is 29.3 Å². The number of hydrogen-bond acceptors (Lipinski definition) is 9. The van der Waals surface area contributed by atoms with E-state index in [1.54, 1.807) is 36.9 Å². The van der Waals surface area contributed by atoms with Gasteiger partial charge in [0.25, 0.3) is 5.91 Å². The zero-order valence-corrected chi connectivity index (χ0v) is 38.6. The van der Waals surface area contributed by atoms with Gasteiger partial charge in [0.2, 0.25) is 0 Å². The van der Waals surface area contributed by atoms with Gasteiger partial charge in [-0.05, 0) is 100.0 Å². The number of amides is 1. The smallest absolute Gasteiger partial charge is 0.344 e. The number of benzene rings is 4. The Balaban J connectivity index is 0.000000331. The summed E-state index contributed by atoms with van der Waals surface area (Å²) in [5.74, 6) is 8.94. The Bertz CT molecular complexity index is 2540. The summed E-state index contributed by atoms with van der Waals surface area (Å²) in [4.78, 5) is 36.9. The van der Waals surface area contributed by atoms with Gasteiger partial charge in [-0.25, -0.2) is 22.4 Å². The van der Waals surface area contributed by atoms with Crippen molar-refractivity contribution in [1.29, 1.82) is 0 Å². The fourth-order valence-corrected chi connectivity index (χ4v) is 8.01. The van der Waals surface area contributed by atoms with Crippen molar-refractivity contribution in [3.05, 3.63) is 116 Å². The van der Waals surface area contributed by atoms with E-state index < -0.39 is 56.4 Å². The minimum absolute atomic E-state index is 0.0840. The molecule has 2 unspecified atom stereocenters. The number of halogens is 3. The molecule has 2 N–H and O–H groups in total. The molecule has 0 saturated carbocycles. The molecule has 1 heterocycles. The van der Waals surface area contributed by atoms with Gasteiger partial charge in [-0.1, -0.05) is 67.7 Å². The summed E-state index contributed by atoms with van der Waals surface area (Å²) in [6, 6.07) is 17.7. The second-order valence-electron chi connectivity index (χ2n) is 13.5. The Labute approximate surface area is 380 Å². The number of carboxylic acid groups (broad SMARTS) is 2. The van der Waals surface area contributed by atoms with Crippen molar-refractivity contribution in [2.75, 3.05) is 38.7 Å². The van der Waals surface area contributed by atoms with E-state index >= 15 is 0 Å². The predicted molar refractivity (Wildman–Crippen MR) is 241 cm³/mol. The van der Waals surface area contributed by atoms with Crippen LogP contribution in [0, 0.1) is 29.5 Å². The summed E-state index contributed by atoms with van der Waals surface area (Å²) in [5, 5.41) is 17.9. The van der Waals surface area contributed by atoms with Crippen LogP contribution in [-0.4, -0.2) is 95.6 Å². The highest BCUT2D eigenvalue weighted by atomic mass is 35.5. The Kier molecular flexibility index (Phi) is 20.6. The number of sulfone groups is 1. The third kappa shape index (κ3) is 15.4. The van der Waals surface area contributed by atoms with Crippen molar-refractivity contribution < 1.29 is 55.8 Å². The molecule has 4 aromatic carbocycles. The molecular weight excluding hydrogens is 897 g/mol. The van der Waals surface area contributed by atoms with Gasteiger partial charge in [-0.15, -0.1) is 0 Å². The SMILES string of the molecule is CC.CC(C)S(=O)(=O)c1cc(C#Cc2cc(Cl)ccc2OCC(=O)O)ccc1C(=O)N1CCOCC1.CCCS(=O)c1ccc(F)c(C#Cc2cc(Cl)ccc2OC(C)C(=O)O)c1. The van der Waals surface area contributed by atoms with Crippen LogP contribution in [0.5, 0.6) is 11.5 Å². The van der Waals surface area contributed by atoms with Crippen LogP contribution in [0.4, 0.5) is 4.39 Å². The van der Waals surface area contributed by atoms with Crippen LogP contribution in [0.25, 0.3) is 0 Å². The molecule has 1 aliphatic rings. The molecule has 336 valence electrons. The van der Waals surface area contributed by atoms with Crippen LogP contribution < -0.4 is 9.47 Å². The molecule has 63 heavy (non-hydrogen) atoms.